The van der Waals surface area contributed by atoms with Crippen molar-refractivity contribution in [2.45, 2.75) is 25.4 Å². The Kier molecular flexibility index (Phi) is 1.95. The predicted octanol–water partition coefficient (Wildman–Crippen LogP) is 1.89. The summed E-state index contributed by atoms with van der Waals surface area (Å²) >= 11 is 0. The monoisotopic (exact) mass is 138 g/mol. The summed E-state index contributed by atoms with van der Waals surface area (Å²) in [6, 6.07) is 0. The van der Waals surface area contributed by atoms with Gasteiger partial charge in [-0.15, -0.1) is 0 Å². The van der Waals surface area contributed by atoms with Crippen LogP contribution in [-0.4, -0.2) is 10.7 Å². The van der Waals surface area contributed by atoms with Crippen LogP contribution < -0.4 is 0 Å². The quantitative estimate of drug-likeness (QED) is 0.548. The number of aliphatic hydroxyl groups is 1. The molecule has 0 aromatic carbocycles. The second-order valence-corrected chi connectivity index (χ2v) is 3.07. The molecule has 1 aliphatic rings. The fraction of sp³-hybridized carbons (Fsp3) is 0.556. The first-order chi connectivity index (χ1) is 4.66. The van der Waals surface area contributed by atoms with E-state index in [2.05, 4.69) is 13.5 Å². The van der Waals surface area contributed by atoms with Gasteiger partial charge in [0.15, 0.2) is 0 Å². The number of allylic oxidation sites excluding steroid dienone is 1. The molecule has 1 aliphatic carbocycles. The van der Waals surface area contributed by atoms with Gasteiger partial charge in [-0.3, -0.25) is 0 Å². The van der Waals surface area contributed by atoms with Gasteiger partial charge in [-0.25, -0.2) is 0 Å². The fourth-order valence-electron chi connectivity index (χ4n) is 1.14. The van der Waals surface area contributed by atoms with Crippen molar-refractivity contribution < 1.29 is 5.11 Å². The molecule has 56 valence electrons. The molecule has 10 heavy (non-hydrogen) atoms. The molecule has 2 atom stereocenters. The minimum Gasteiger partial charge on any atom is -0.382 e. The Labute approximate surface area is 62.1 Å². The first kappa shape index (κ1) is 7.55. The van der Waals surface area contributed by atoms with Crippen molar-refractivity contribution in [1.82, 2.24) is 0 Å². The molecule has 1 N–H and O–H groups in total. The molecule has 1 nitrogen and oxygen atoms in total. The van der Waals surface area contributed by atoms with Crippen LogP contribution in [0.1, 0.15) is 19.8 Å². The lowest BCUT2D eigenvalue weighted by atomic mass is 9.86. The molecular weight excluding hydrogens is 124 g/mol. The molecule has 0 aromatic rings. The van der Waals surface area contributed by atoms with Gasteiger partial charge in [0.25, 0.3) is 0 Å². The third kappa shape index (κ3) is 1.48. The van der Waals surface area contributed by atoms with Crippen LogP contribution in [0.15, 0.2) is 24.8 Å². The SMILES string of the molecule is C=CC1(O)C=CC(C)CC1. The van der Waals surface area contributed by atoms with Crippen LogP contribution in [0.2, 0.25) is 0 Å². The summed E-state index contributed by atoms with van der Waals surface area (Å²) in [4.78, 5) is 0. The largest absolute Gasteiger partial charge is 0.382 e. The minimum atomic E-state index is -0.716. The van der Waals surface area contributed by atoms with E-state index in [1.165, 1.54) is 0 Å². The minimum absolute atomic E-state index is 0.611. The van der Waals surface area contributed by atoms with Crippen LogP contribution in [0.25, 0.3) is 0 Å². The molecule has 0 radical (unpaired) electrons. The lowest BCUT2D eigenvalue weighted by Crippen LogP contribution is -2.26. The van der Waals surface area contributed by atoms with Gasteiger partial charge in [0, 0.05) is 0 Å². The maximum Gasteiger partial charge on any atom is 0.101 e. The average Bonchev–Trinajstić information content (AvgIpc) is 1.96. The van der Waals surface area contributed by atoms with Gasteiger partial charge in [-0.2, -0.15) is 0 Å². The van der Waals surface area contributed by atoms with E-state index in [9.17, 15) is 5.11 Å². The highest BCUT2D eigenvalue weighted by atomic mass is 16.3. The van der Waals surface area contributed by atoms with Crippen LogP contribution in [0.4, 0.5) is 0 Å². The van der Waals surface area contributed by atoms with E-state index in [4.69, 9.17) is 0 Å². The normalized spacial score (nSPS) is 39.6. The van der Waals surface area contributed by atoms with Crippen LogP contribution in [-0.2, 0) is 0 Å². The molecule has 0 saturated carbocycles. The Morgan fingerprint density at radius 2 is 2.50 bits per heavy atom. The molecule has 0 spiro atoms. The molecule has 0 aliphatic heterocycles. The van der Waals surface area contributed by atoms with Crippen molar-refractivity contribution in [3.8, 4) is 0 Å². The van der Waals surface area contributed by atoms with E-state index in [1.807, 2.05) is 12.2 Å². The zero-order chi connectivity index (χ0) is 7.61. The van der Waals surface area contributed by atoms with Gasteiger partial charge in [0.2, 0.25) is 0 Å². The van der Waals surface area contributed by atoms with E-state index in [-0.39, 0.29) is 0 Å². The van der Waals surface area contributed by atoms with Gasteiger partial charge < -0.3 is 5.11 Å². The van der Waals surface area contributed by atoms with Crippen LogP contribution in [0.3, 0.4) is 0 Å². The molecule has 1 heteroatoms. The van der Waals surface area contributed by atoms with Crippen molar-refractivity contribution in [3.05, 3.63) is 24.8 Å². The van der Waals surface area contributed by atoms with Gasteiger partial charge in [-0.1, -0.05) is 31.7 Å². The molecule has 0 heterocycles. The third-order valence-corrected chi connectivity index (χ3v) is 2.07. The second-order valence-electron chi connectivity index (χ2n) is 3.07. The number of rotatable bonds is 1. The zero-order valence-electron chi connectivity index (χ0n) is 6.38. The summed E-state index contributed by atoms with van der Waals surface area (Å²) in [5, 5.41) is 9.59. The summed E-state index contributed by atoms with van der Waals surface area (Å²) in [7, 11) is 0. The van der Waals surface area contributed by atoms with E-state index < -0.39 is 5.60 Å². The van der Waals surface area contributed by atoms with Crippen molar-refractivity contribution in [1.29, 1.82) is 0 Å². The Morgan fingerprint density at radius 1 is 1.80 bits per heavy atom. The first-order valence-corrected chi connectivity index (χ1v) is 3.72. The molecule has 0 fully saturated rings. The molecule has 0 saturated heterocycles. The Morgan fingerprint density at radius 3 is 2.90 bits per heavy atom. The molecule has 2 unspecified atom stereocenters. The summed E-state index contributed by atoms with van der Waals surface area (Å²) < 4.78 is 0. The highest BCUT2D eigenvalue weighted by Gasteiger charge is 2.22. The van der Waals surface area contributed by atoms with Crippen molar-refractivity contribution in [3.63, 3.8) is 0 Å². The van der Waals surface area contributed by atoms with Gasteiger partial charge >= 0.3 is 0 Å². The average molecular weight is 138 g/mol. The fourth-order valence-corrected chi connectivity index (χ4v) is 1.14. The van der Waals surface area contributed by atoms with Gasteiger partial charge in [0.05, 0.1) is 0 Å². The highest BCUT2D eigenvalue weighted by Crippen LogP contribution is 2.25. The standard InChI is InChI=1S/C9H14O/c1-3-9(10)6-4-8(2)5-7-9/h3-4,6,8,10H,1,5,7H2,2H3. The highest BCUT2D eigenvalue weighted by molar-refractivity contribution is 5.14. The smallest absolute Gasteiger partial charge is 0.101 e. The predicted molar refractivity (Wildman–Crippen MR) is 42.7 cm³/mol. The molecule has 0 bridgehead atoms. The van der Waals surface area contributed by atoms with E-state index in [0.29, 0.717) is 5.92 Å². The summed E-state index contributed by atoms with van der Waals surface area (Å²) in [6.07, 6.45) is 7.36. The van der Waals surface area contributed by atoms with Crippen molar-refractivity contribution in [2.75, 3.05) is 0 Å². The number of hydrogen-bond donors (Lipinski definition) is 1. The van der Waals surface area contributed by atoms with E-state index in [0.717, 1.165) is 12.8 Å². The summed E-state index contributed by atoms with van der Waals surface area (Å²) in [6.45, 7) is 5.73. The molecule has 0 aromatic heterocycles. The van der Waals surface area contributed by atoms with Crippen molar-refractivity contribution >= 4 is 0 Å². The molecular formula is C9H14O. The zero-order valence-corrected chi connectivity index (χ0v) is 6.38. The third-order valence-electron chi connectivity index (χ3n) is 2.07. The summed E-state index contributed by atoms with van der Waals surface area (Å²) in [5.74, 6) is 0.611. The van der Waals surface area contributed by atoms with Crippen LogP contribution in [0, 0.1) is 5.92 Å². The Bertz CT molecular complexity index is 160. The van der Waals surface area contributed by atoms with Gasteiger partial charge in [-0.05, 0) is 18.8 Å². The number of hydrogen-bond acceptors (Lipinski definition) is 1. The lowest BCUT2D eigenvalue weighted by Gasteiger charge is -2.26. The lowest BCUT2D eigenvalue weighted by molar-refractivity contribution is 0.119. The molecule has 1 rings (SSSR count). The Hall–Kier alpha value is -0.560. The van der Waals surface area contributed by atoms with E-state index in [1.54, 1.807) is 6.08 Å². The topological polar surface area (TPSA) is 20.2 Å². The van der Waals surface area contributed by atoms with Crippen molar-refractivity contribution in [2.24, 2.45) is 5.92 Å². The van der Waals surface area contributed by atoms with Crippen LogP contribution >= 0.6 is 0 Å². The van der Waals surface area contributed by atoms with Crippen LogP contribution in [0.5, 0.6) is 0 Å². The second kappa shape index (κ2) is 2.59. The summed E-state index contributed by atoms with van der Waals surface area (Å²) in [5.41, 5.74) is -0.716. The molecule has 0 amide bonds. The maximum absolute atomic E-state index is 9.59. The van der Waals surface area contributed by atoms with E-state index >= 15 is 0 Å². The Balaban J connectivity index is 2.68. The maximum atomic E-state index is 9.59. The first-order valence-electron chi connectivity index (χ1n) is 3.72. The van der Waals surface area contributed by atoms with Gasteiger partial charge in [0.1, 0.15) is 5.60 Å².